The maximum Gasteiger partial charge on any atom is 0.236 e. The minimum atomic E-state index is 0.334. The Balaban J connectivity index is 1.39. The van der Waals surface area contributed by atoms with E-state index in [-0.39, 0.29) is 0 Å². The van der Waals surface area contributed by atoms with E-state index in [0.717, 1.165) is 51.2 Å². The second-order valence-corrected chi connectivity index (χ2v) is 7.00. The first-order valence-electron chi connectivity index (χ1n) is 8.64. The third kappa shape index (κ3) is 3.96. The molecule has 5 nitrogen and oxygen atoms in total. The van der Waals surface area contributed by atoms with Crippen molar-refractivity contribution in [3.8, 4) is 0 Å². The van der Waals surface area contributed by atoms with Gasteiger partial charge in [-0.05, 0) is 58.3 Å². The number of nitrogens with zero attached hydrogens (tertiary/aromatic N) is 3. The number of rotatable bonds is 3. The monoisotopic (exact) mass is 294 g/mol. The molecule has 21 heavy (non-hydrogen) atoms. The SMILES string of the molecule is CN1CCN(C(=O)CN2CCC(C3CCCN3)CC2)CC1. The zero-order valence-electron chi connectivity index (χ0n) is 13.4. The van der Waals surface area contributed by atoms with Crippen LogP contribution < -0.4 is 5.32 Å². The number of likely N-dealkylation sites (N-methyl/N-ethyl adjacent to an activating group) is 1. The molecule has 3 saturated heterocycles. The molecule has 3 heterocycles. The lowest BCUT2D eigenvalue weighted by atomic mass is 9.88. The topological polar surface area (TPSA) is 38.8 Å². The van der Waals surface area contributed by atoms with E-state index >= 15 is 0 Å². The minimum absolute atomic E-state index is 0.334. The Hall–Kier alpha value is -0.650. The molecule has 0 bridgehead atoms. The van der Waals surface area contributed by atoms with Crippen molar-refractivity contribution in [1.82, 2.24) is 20.0 Å². The van der Waals surface area contributed by atoms with Gasteiger partial charge in [0.2, 0.25) is 5.91 Å². The summed E-state index contributed by atoms with van der Waals surface area (Å²) in [4.78, 5) is 19.1. The molecule has 3 aliphatic heterocycles. The number of piperazine rings is 1. The van der Waals surface area contributed by atoms with Crippen LogP contribution in [0.25, 0.3) is 0 Å². The second-order valence-electron chi connectivity index (χ2n) is 7.00. The van der Waals surface area contributed by atoms with Gasteiger partial charge in [0.1, 0.15) is 0 Å². The Morgan fingerprint density at radius 3 is 2.38 bits per heavy atom. The Morgan fingerprint density at radius 1 is 1.05 bits per heavy atom. The van der Waals surface area contributed by atoms with Crippen LogP contribution in [0.5, 0.6) is 0 Å². The second kappa shape index (κ2) is 7.07. The van der Waals surface area contributed by atoms with Crippen LogP contribution in [0.3, 0.4) is 0 Å². The molecule has 0 aromatic carbocycles. The number of piperidine rings is 1. The quantitative estimate of drug-likeness (QED) is 0.808. The van der Waals surface area contributed by atoms with Gasteiger partial charge in [-0.1, -0.05) is 0 Å². The molecule has 0 saturated carbocycles. The first kappa shape index (κ1) is 15.3. The molecule has 3 rings (SSSR count). The molecule has 1 N–H and O–H groups in total. The Kier molecular flexibility index (Phi) is 5.14. The van der Waals surface area contributed by atoms with Gasteiger partial charge in [-0.25, -0.2) is 0 Å². The smallest absolute Gasteiger partial charge is 0.236 e. The van der Waals surface area contributed by atoms with E-state index in [1.54, 1.807) is 0 Å². The summed E-state index contributed by atoms with van der Waals surface area (Å²) in [5.41, 5.74) is 0. The van der Waals surface area contributed by atoms with Crippen LogP contribution in [-0.2, 0) is 4.79 Å². The van der Waals surface area contributed by atoms with Crippen LogP contribution in [-0.4, -0.2) is 86.1 Å². The van der Waals surface area contributed by atoms with E-state index in [1.807, 2.05) is 4.90 Å². The molecule has 5 heteroatoms. The largest absolute Gasteiger partial charge is 0.339 e. The van der Waals surface area contributed by atoms with E-state index in [1.165, 1.54) is 32.2 Å². The molecule has 1 amide bonds. The van der Waals surface area contributed by atoms with Gasteiger partial charge in [-0.3, -0.25) is 9.69 Å². The summed E-state index contributed by atoms with van der Waals surface area (Å²) in [7, 11) is 2.13. The summed E-state index contributed by atoms with van der Waals surface area (Å²) >= 11 is 0. The summed E-state index contributed by atoms with van der Waals surface area (Å²) in [5, 5.41) is 3.64. The average molecular weight is 294 g/mol. The first-order valence-corrected chi connectivity index (χ1v) is 8.64. The highest BCUT2D eigenvalue weighted by Gasteiger charge is 2.29. The van der Waals surface area contributed by atoms with Gasteiger partial charge in [0.15, 0.2) is 0 Å². The third-order valence-corrected chi connectivity index (χ3v) is 5.51. The van der Waals surface area contributed by atoms with Crippen molar-refractivity contribution in [1.29, 1.82) is 0 Å². The normalized spacial score (nSPS) is 30.0. The summed E-state index contributed by atoms with van der Waals surface area (Å²) in [6.07, 6.45) is 5.21. The van der Waals surface area contributed by atoms with Gasteiger partial charge in [-0.2, -0.15) is 0 Å². The van der Waals surface area contributed by atoms with E-state index in [9.17, 15) is 4.79 Å². The lowest BCUT2D eigenvalue weighted by molar-refractivity contribution is -0.134. The van der Waals surface area contributed by atoms with Gasteiger partial charge in [0.05, 0.1) is 6.54 Å². The Labute approximate surface area is 128 Å². The maximum atomic E-state index is 12.4. The van der Waals surface area contributed by atoms with E-state index in [0.29, 0.717) is 12.5 Å². The Morgan fingerprint density at radius 2 is 1.76 bits per heavy atom. The van der Waals surface area contributed by atoms with Crippen LogP contribution in [0, 0.1) is 5.92 Å². The highest BCUT2D eigenvalue weighted by Crippen LogP contribution is 2.25. The summed E-state index contributed by atoms with van der Waals surface area (Å²) in [6.45, 7) is 7.86. The number of nitrogens with one attached hydrogen (secondary N) is 1. The molecule has 0 spiro atoms. The molecular formula is C16H30N4O. The van der Waals surface area contributed by atoms with Crippen LogP contribution in [0.1, 0.15) is 25.7 Å². The fraction of sp³-hybridized carbons (Fsp3) is 0.938. The van der Waals surface area contributed by atoms with Crippen molar-refractivity contribution in [3.63, 3.8) is 0 Å². The molecule has 3 fully saturated rings. The number of hydrogen-bond donors (Lipinski definition) is 1. The fourth-order valence-corrected chi connectivity index (χ4v) is 3.97. The number of carbonyl (C=O) groups is 1. The molecule has 0 radical (unpaired) electrons. The number of amides is 1. The molecule has 0 aliphatic carbocycles. The summed E-state index contributed by atoms with van der Waals surface area (Å²) < 4.78 is 0. The lowest BCUT2D eigenvalue weighted by Crippen LogP contribution is -2.51. The number of carbonyl (C=O) groups excluding carboxylic acids is 1. The van der Waals surface area contributed by atoms with Crippen molar-refractivity contribution in [2.75, 3.05) is 59.4 Å². The number of hydrogen-bond acceptors (Lipinski definition) is 4. The van der Waals surface area contributed by atoms with E-state index < -0.39 is 0 Å². The highest BCUT2D eigenvalue weighted by atomic mass is 16.2. The van der Waals surface area contributed by atoms with Gasteiger partial charge >= 0.3 is 0 Å². The van der Waals surface area contributed by atoms with Gasteiger partial charge < -0.3 is 15.1 Å². The first-order chi connectivity index (χ1) is 10.2. The maximum absolute atomic E-state index is 12.4. The van der Waals surface area contributed by atoms with Crippen molar-refractivity contribution in [2.45, 2.75) is 31.7 Å². The van der Waals surface area contributed by atoms with Gasteiger partial charge in [0, 0.05) is 32.2 Å². The molecule has 120 valence electrons. The average Bonchev–Trinajstić information content (AvgIpc) is 3.03. The number of likely N-dealkylation sites (tertiary alicyclic amines) is 1. The van der Waals surface area contributed by atoms with Crippen LogP contribution >= 0.6 is 0 Å². The molecule has 0 aromatic rings. The highest BCUT2D eigenvalue weighted by molar-refractivity contribution is 5.78. The molecule has 0 aromatic heterocycles. The van der Waals surface area contributed by atoms with Crippen molar-refractivity contribution >= 4 is 5.91 Å². The zero-order valence-corrected chi connectivity index (χ0v) is 13.4. The predicted octanol–water partition coefficient (Wildman–Crippen LogP) is 0.224. The van der Waals surface area contributed by atoms with Gasteiger partial charge in [0.25, 0.3) is 0 Å². The predicted molar refractivity (Wildman–Crippen MR) is 84.3 cm³/mol. The molecule has 1 atom stereocenters. The van der Waals surface area contributed by atoms with Crippen molar-refractivity contribution in [2.24, 2.45) is 5.92 Å². The van der Waals surface area contributed by atoms with Crippen LogP contribution in [0.4, 0.5) is 0 Å². The third-order valence-electron chi connectivity index (χ3n) is 5.51. The lowest BCUT2D eigenvalue weighted by Gasteiger charge is -2.37. The minimum Gasteiger partial charge on any atom is -0.339 e. The Bertz CT molecular complexity index is 340. The molecule has 3 aliphatic rings. The summed E-state index contributed by atoms with van der Waals surface area (Å²) in [6, 6.07) is 0.750. The van der Waals surface area contributed by atoms with Crippen molar-refractivity contribution < 1.29 is 4.79 Å². The molecule has 1 unspecified atom stereocenters. The van der Waals surface area contributed by atoms with Crippen molar-refractivity contribution in [3.05, 3.63) is 0 Å². The van der Waals surface area contributed by atoms with E-state index in [4.69, 9.17) is 0 Å². The molecular weight excluding hydrogens is 264 g/mol. The zero-order chi connectivity index (χ0) is 14.7. The van der Waals surface area contributed by atoms with Gasteiger partial charge in [-0.15, -0.1) is 0 Å². The van der Waals surface area contributed by atoms with Crippen LogP contribution in [0.2, 0.25) is 0 Å². The van der Waals surface area contributed by atoms with Crippen LogP contribution in [0.15, 0.2) is 0 Å². The summed E-state index contributed by atoms with van der Waals surface area (Å²) in [5.74, 6) is 1.17. The standard InChI is InChI=1S/C16H30N4O/c1-18-9-11-20(12-10-18)16(21)13-19-7-4-14(5-8-19)15-3-2-6-17-15/h14-15,17H,2-13H2,1H3. The fourth-order valence-electron chi connectivity index (χ4n) is 3.97. The van der Waals surface area contributed by atoms with E-state index in [2.05, 4.69) is 22.2 Å².